The fraction of sp³-hybridized carbons (Fsp3) is 0.118. The van der Waals surface area contributed by atoms with E-state index < -0.39 is 29.7 Å². The van der Waals surface area contributed by atoms with Gasteiger partial charge in [0, 0.05) is 10.0 Å². The van der Waals surface area contributed by atoms with E-state index in [0.717, 1.165) is 6.07 Å². The zero-order chi connectivity index (χ0) is 17.7. The number of ether oxygens (including phenoxy) is 1. The number of methoxy groups -OCH3 is 1. The molecule has 7 heteroatoms. The highest BCUT2D eigenvalue weighted by Gasteiger charge is 2.20. The maximum atomic E-state index is 13.6. The van der Waals surface area contributed by atoms with Crippen molar-refractivity contribution in [1.82, 2.24) is 0 Å². The van der Waals surface area contributed by atoms with Gasteiger partial charge in [0.2, 0.25) is 5.78 Å². The Morgan fingerprint density at radius 1 is 1.12 bits per heavy atom. The Morgan fingerprint density at radius 2 is 1.79 bits per heavy atom. The van der Waals surface area contributed by atoms with E-state index in [4.69, 9.17) is 4.74 Å². The molecule has 0 aliphatic carbocycles. The van der Waals surface area contributed by atoms with Gasteiger partial charge in [-0.25, -0.2) is 4.39 Å². The van der Waals surface area contributed by atoms with Gasteiger partial charge in [-0.3, -0.25) is 14.4 Å². The summed E-state index contributed by atoms with van der Waals surface area (Å²) in [6, 6.07) is 10.1. The predicted molar refractivity (Wildman–Crippen MR) is 89.7 cm³/mol. The minimum Gasteiger partial charge on any atom is -0.497 e. The number of hydrogen-bond donors (Lipinski definition) is 1. The van der Waals surface area contributed by atoms with E-state index in [9.17, 15) is 18.8 Å². The van der Waals surface area contributed by atoms with Gasteiger partial charge in [-0.2, -0.15) is 0 Å². The summed E-state index contributed by atoms with van der Waals surface area (Å²) < 4.78 is 19.1. The first-order chi connectivity index (χ1) is 11.4. The third-order valence-electron chi connectivity index (χ3n) is 3.17. The van der Waals surface area contributed by atoms with Gasteiger partial charge in [0.15, 0.2) is 5.78 Å². The second kappa shape index (κ2) is 7.83. The molecule has 124 valence electrons. The molecule has 0 heterocycles. The van der Waals surface area contributed by atoms with E-state index in [1.165, 1.54) is 31.4 Å². The predicted octanol–water partition coefficient (Wildman–Crippen LogP) is 3.38. The van der Waals surface area contributed by atoms with E-state index in [-0.39, 0.29) is 11.3 Å². The standard InChI is InChI=1S/C17H13BrFNO4/c1-24-12-5-2-10(3-6-12)15(21)9-16(22)17(23)20-14-7-4-11(18)8-13(14)19/h2-8H,9H2,1H3,(H,20,23). The van der Waals surface area contributed by atoms with E-state index in [1.807, 2.05) is 0 Å². The Morgan fingerprint density at radius 3 is 2.38 bits per heavy atom. The molecule has 2 rings (SSSR count). The minimum atomic E-state index is -1.04. The Balaban J connectivity index is 2.00. The van der Waals surface area contributed by atoms with Crippen molar-refractivity contribution in [2.75, 3.05) is 12.4 Å². The van der Waals surface area contributed by atoms with E-state index in [2.05, 4.69) is 21.2 Å². The summed E-state index contributed by atoms with van der Waals surface area (Å²) >= 11 is 3.09. The molecule has 0 aliphatic rings. The van der Waals surface area contributed by atoms with Crippen molar-refractivity contribution in [1.29, 1.82) is 0 Å². The van der Waals surface area contributed by atoms with Crippen molar-refractivity contribution < 1.29 is 23.5 Å². The van der Waals surface area contributed by atoms with Crippen LogP contribution in [-0.2, 0) is 9.59 Å². The summed E-state index contributed by atoms with van der Waals surface area (Å²) in [5.74, 6) is -2.61. The van der Waals surface area contributed by atoms with E-state index in [0.29, 0.717) is 10.2 Å². The quantitative estimate of drug-likeness (QED) is 0.463. The number of nitrogens with one attached hydrogen (secondary N) is 1. The second-order valence-electron chi connectivity index (χ2n) is 4.83. The first-order valence-corrected chi connectivity index (χ1v) is 7.66. The van der Waals surface area contributed by atoms with Crippen LogP contribution in [-0.4, -0.2) is 24.6 Å². The lowest BCUT2D eigenvalue weighted by Gasteiger charge is -2.06. The van der Waals surface area contributed by atoms with Gasteiger partial charge in [0.1, 0.15) is 11.6 Å². The number of carbonyl (C=O) groups excluding carboxylic acids is 3. The molecule has 0 aliphatic heterocycles. The molecule has 0 atom stereocenters. The average molecular weight is 394 g/mol. The van der Waals surface area contributed by atoms with Gasteiger partial charge in [-0.15, -0.1) is 0 Å². The lowest BCUT2D eigenvalue weighted by molar-refractivity contribution is -0.134. The normalized spacial score (nSPS) is 10.1. The van der Waals surface area contributed by atoms with Crippen molar-refractivity contribution in [3.8, 4) is 5.75 Å². The molecule has 0 aromatic heterocycles. The SMILES string of the molecule is COc1ccc(C(=O)CC(=O)C(=O)Nc2ccc(Br)cc2F)cc1. The first kappa shape index (κ1) is 17.8. The molecular weight excluding hydrogens is 381 g/mol. The summed E-state index contributed by atoms with van der Waals surface area (Å²) in [6.45, 7) is 0. The third kappa shape index (κ3) is 4.48. The number of amides is 1. The maximum Gasteiger partial charge on any atom is 0.292 e. The largest absolute Gasteiger partial charge is 0.497 e. The summed E-state index contributed by atoms with van der Waals surface area (Å²) in [4.78, 5) is 35.7. The second-order valence-corrected chi connectivity index (χ2v) is 5.75. The number of ketones is 2. The lowest BCUT2D eigenvalue weighted by Crippen LogP contribution is -2.25. The van der Waals surface area contributed by atoms with Gasteiger partial charge in [-0.1, -0.05) is 15.9 Å². The number of carbonyl (C=O) groups is 3. The number of hydrogen-bond acceptors (Lipinski definition) is 4. The van der Waals surface area contributed by atoms with Crippen molar-refractivity contribution in [2.24, 2.45) is 0 Å². The van der Waals surface area contributed by atoms with Gasteiger partial charge >= 0.3 is 0 Å². The number of halogens is 2. The molecule has 0 radical (unpaired) electrons. The highest BCUT2D eigenvalue weighted by molar-refractivity contribution is 9.10. The van der Waals surface area contributed by atoms with E-state index in [1.54, 1.807) is 12.1 Å². The van der Waals surface area contributed by atoms with Crippen LogP contribution in [0, 0.1) is 5.82 Å². The minimum absolute atomic E-state index is 0.131. The third-order valence-corrected chi connectivity index (χ3v) is 3.66. The number of Topliss-reactive ketones (excluding diaryl/α,β-unsaturated/α-hetero) is 2. The zero-order valence-electron chi connectivity index (χ0n) is 12.6. The Kier molecular flexibility index (Phi) is 5.81. The van der Waals surface area contributed by atoms with Crippen LogP contribution >= 0.6 is 15.9 Å². The van der Waals surface area contributed by atoms with Crippen molar-refractivity contribution >= 4 is 39.1 Å². The van der Waals surface area contributed by atoms with Gasteiger partial charge in [-0.05, 0) is 42.5 Å². The summed E-state index contributed by atoms with van der Waals surface area (Å²) in [7, 11) is 1.49. The molecule has 0 unspecified atom stereocenters. The van der Waals surface area contributed by atoms with Crippen LogP contribution in [0.3, 0.4) is 0 Å². The van der Waals surface area contributed by atoms with Crippen molar-refractivity contribution in [3.05, 3.63) is 58.3 Å². The monoisotopic (exact) mass is 393 g/mol. The summed E-state index contributed by atoms with van der Waals surface area (Å²) in [6.07, 6.45) is -0.601. The lowest BCUT2D eigenvalue weighted by atomic mass is 10.1. The van der Waals surface area contributed by atoms with Gasteiger partial charge in [0.05, 0.1) is 19.2 Å². The zero-order valence-corrected chi connectivity index (χ0v) is 14.2. The molecule has 5 nitrogen and oxygen atoms in total. The smallest absolute Gasteiger partial charge is 0.292 e. The van der Waals surface area contributed by atoms with Crippen LogP contribution in [0.1, 0.15) is 16.8 Å². The molecule has 1 N–H and O–H groups in total. The van der Waals surface area contributed by atoms with Gasteiger partial charge in [0.25, 0.3) is 5.91 Å². The Bertz CT molecular complexity index is 790. The molecular formula is C17H13BrFNO4. The average Bonchev–Trinajstić information content (AvgIpc) is 2.57. The molecule has 24 heavy (non-hydrogen) atoms. The molecule has 0 saturated heterocycles. The van der Waals surface area contributed by atoms with Crippen LogP contribution in [0.4, 0.5) is 10.1 Å². The molecule has 0 bridgehead atoms. The summed E-state index contributed by atoms with van der Waals surface area (Å²) in [5.41, 5.74) is 0.153. The van der Waals surface area contributed by atoms with E-state index >= 15 is 0 Å². The fourth-order valence-corrected chi connectivity index (χ4v) is 2.22. The summed E-state index contributed by atoms with van der Waals surface area (Å²) in [5, 5.41) is 2.16. The Hall–Kier alpha value is -2.54. The van der Waals surface area contributed by atoms with Crippen LogP contribution in [0.25, 0.3) is 0 Å². The molecule has 0 saturated carbocycles. The van der Waals surface area contributed by atoms with Crippen LogP contribution in [0.15, 0.2) is 46.9 Å². The van der Waals surface area contributed by atoms with Crippen LogP contribution in [0.5, 0.6) is 5.75 Å². The highest BCUT2D eigenvalue weighted by atomic mass is 79.9. The number of benzene rings is 2. The highest BCUT2D eigenvalue weighted by Crippen LogP contribution is 2.19. The molecule has 2 aromatic carbocycles. The molecule has 0 spiro atoms. The van der Waals surface area contributed by atoms with Gasteiger partial charge < -0.3 is 10.1 Å². The maximum absolute atomic E-state index is 13.6. The molecule has 2 aromatic rings. The first-order valence-electron chi connectivity index (χ1n) is 6.87. The number of rotatable bonds is 6. The Labute approximate surface area is 145 Å². The molecule has 0 fully saturated rings. The van der Waals surface area contributed by atoms with Crippen molar-refractivity contribution in [2.45, 2.75) is 6.42 Å². The van der Waals surface area contributed by atoms with Crippen LogP contribution in [0.2, 0.25) is 0 Å². The topological polar surface area (TPSA) is 72.5 Å². The van der Waals surface area contributed by atoms with Crippen molar-refractivity contribution in [3.63, 3.8) is 0 Å². The van der Waals surface area contributed by atoms with Crippen LogP contribution < -0.4 is 10.1 Å². The number of anilines is 1. The fourth-order valence-electron chi connectivity index (χ4n) is 1.89. The molecule has 1 amide bonds.